The highest BCUT2D eigenvalue weighted by Crippen LogP contribution is 2.00. The van der Waals surface area contributed by atoms with Gasteiger partial charge in [0.2, 0.25) is 0 Å². The Hall–Kier alpha value is -2.61. The van der Waals surface area contributed by atoms with Crippen molar-refractivity contribution < 1.29 is 19.4 Å². The highest BCUT2D eigenvalue weighted by Gasteiger charge is 2.10. The lowest BCUT2D eigenvalue weighted by molar-refractivity contribution is -0.138. The maximum Gasteiger partial charge on any atom is 0.414 e. The van der Waals surface area contributed by atoms with E-state index < -0.39 is 18.1 Å². The maximum atomic E-state index is 11.5. The minimum Gasteiger partial charge on any atom is -0.480 e. The number of ether oxygens (including phenoxy) is 1. The molecule has 8 heteroatoms. The van der Waals surface area contributed by atoms with Crippen LogP contribution in [0.4, 0.5) is 4.79 Å². The number of amides is 1. The molecule has 22 heavy (non-hydrogen) atoms. The van der Waals surface area contributed by atoms with E-state index in [1.807, 2.05) is 30.3 Å². The molecule has 1 rings (SSSR count). The predicted octanol–water partition coefficient (Wildman–Crippen LogP) is 0.420. The second-order valence-electron chi connectivity index (χ2n) is 4.54. The van der Waals surface area contributed by atoms with Crippen LogP contribution in [0.15, 0.2) is 35.3 Å². The minimum absolute atomic E-state index is 0.0815. The van der Waals surface area contributed by atoms with Crippen molar-refractivity contribution in [3.05, 3.63) is 35.9 Å². The van der Waals surface area contributed by atoms with Gasteiger partial charge in [0, 0.05) is 6.54 Å². The van der Waals surface area contributed by atoms with Crippen molar-refractivity contribution >= 4 is 18.0 Å². The van der Waals surface area contributed by atoms with Crippen LogP contribution >= 0.6 is 0 Å². The van der Waals surface area contributed by atoms with Gasteiger partial charge >= 0.3 is 12.1 Å². The van der Waals surface area contributed by atoms with E-state index in [4.69, 9.17) is 21.3 Å². The molecule has 0 heterocycles. The summed E-state index contributed by atoms with van der Waals surface area (Å²) < 4.78 is 4.97. The van der Waals surface area contributed by atoms with Crippen molar-refractivity contribution in [3.8, 4) is 0 Å². The number of carbonyl (C=O) groups excluding carboxylic acids is 1. The van der Waals surface area contributed by atoms with E-state index in [-0.39, 0.29) is 25.5 Å². The molecule has 0 unspecified atom stereocenters. The van der Waals surface area contributed by atoms with Gasteiger partial charge in [-0.2, -0.15) is 0 Å². The molecule has 6 N–H and O–H groups in total. The summed E-state index contributed by atoms with van der Waals surface area (Å²) in [6, 6.07) is 8.29. The van der Waals surface area contributed by atoms with E-state index >= 15 is 0 Å². The number of carboxylic acid groups (broad SMARTS) is 1. The predicted molar refractivity (Wildman–Crippen MR) is 81.1 cm³/mol. The average molecular weight is 308 g/mol. The fourth-order valence-corrected chi connectivity index (χ4v) is 1.54. The van der Waals surface area contributed by atoms with Crippen molar-refractivity contribution in [2.75, 3.05) is 6.54 Å². The third kappa shape index (κ3) is 7.25. The Bertz CT molecular complexity index is 519. The highest BCUT2D eigenvalue weighted by molar-refractivity contribution is 5.92. The number of nitrogens with two attached hydrogens (primary N) is 2. The topological polar surface area (TPSA) is 140 Å². The van der Waals surface area contributed by atoms with E-state index in [0.717, 1.165) is 5.56 Å². The lowest BCUT2D eigenvalue weighted by Gasteiger charge is -2.07. The number of rotatable bonds is 7. The number of hydrogen-bond acceptors (Lipinski definition) is 5. The number of nitrogens with zero attached hydrogens (tertiary/aromatic N) is 1. The van der Waals surface area contributed by atoms with E-state index in [1.54, 1.807) is 0 Å². The molecule has 1 atom stereocenters. The Balaban J connectivity index is 2.22. The van der Waals surface area contributed by atoms with Gasteiger partial charge in [0.05, 0.1) is 0 Å². The number of guanidine groups is 1. The van der Waals surface area contributed by atoms with Gasteiger partial charge in [0.15, 0.2) is 5.96 Å². The van der Waals surface area contributed by atoms with E-state index in [0.29, 0.717) is 6.42 Å². The highest BCUT2D eigenvalue weighted by atomic mass is 16.5. The fourth-order valence-electron chi connectivity index (χ4n) is 1.54. The molecular formula is C14H20N4O4. The summed E-state index contributed by atoms with van der Waals surface area (Å²) in [6.45, 7) is 0.402. The summed E-state index contributed by atoms with van der Waals surface area (Å²) in [5, 5.41) is 10.9. The number of carbonyl (C=O) groups is 2. The molecule has 0 bridgehead atoms. The van der Waals surface area contributed by atoms with Gasteiger partial charge in [-0.15, -0.1) is 0 Å². The lowest BCUT2D eigenvalue weighted by atomic mass is 10.2. The fraction of sp³-hybridized carbons (Fsp3) is 0.357. The number of hydrogen-bond donors (Lipinski definition) is 4. The lowest BCUT2D eigenvalue weighted by Crippen LogP contribution is -2.37. The van der Waals surface area contributed by atoms with Crippen molar-refractivity contribution in [1.82, 2.24) is 5.32 Å². The summed E-state index contributed by atoms with van der Waals surface area (Å²) in [6.07, 6.45) is 0.0341. The Kier molecular flexibility index (Phi) is 7.41. The Morgan fingerprint density at radius 2 is 2.00 bits per heavy atom. The molecule has 0 aliphatic heterocycles. The molecule has 0 radical (unpaired) electrons. The number of aliphatic carboxylic acids is 1. The van der Waals surface area contributed by atoms with Gasteiger partial charge in [-0.1, -0.05) is 30.3 Å². The summed E-state index contributed by atoms with van der Waals surface area (Å²) in [4.78, 5) is 25.9. The molecule has 0 fully saturated rings. The molecule has 0 aliphatic carbocycles. The first kappa shape index (κ1) is 17.4. The molecule has 1 aromatic rings. The molecular weight excluding hydrogens is 288 g/mol. The zero-order valence-electron chi connectivity index (χ0n) is 12.1. The Labute approximate surface area is 128 Å². The second kappa shape index (κ2) is 9.35. The Morgan fingerprint density at radius 3 is 2.64 bits per heavy atom. The maximum absolute atomic E-state index is 11.5. The third-order valence-electron chi connectivity index (χ3n) is 2.72. The summed E-state index contributed by atoms with van der Waals surface area (Å²) in [5.41, 5.74) is 11.7. The smallest absolute Gasteiger partial charge is 0.414 e. The normalized spacial score (nSPS) is 12.5. The first-order valence-corrected chi connectivity index (χ1v) is 6.75. The summed E-state index contributed by atoms with van der Waals surface area (Å²) in [5.74, 6) is -1.14. The van der Waals surface area contributed by atoms with Crippen LogP contribution in [0.5, 0.6) is 0 Å². The summed E-state index contributed by atoms with van der Waals surface area (Å²) in [7, 11) is 0. The summed E-state index contributed by atoms with van der Waals surface area (Å²) >= 11 is 0. The van der Waals surface area contributed by atoms with Crippen molar-refractivity contribution in [2.24, 2.45) is 16.5 Å². The molecule has 8 nitrogen and oxygen atoms in total. The van der Waals surface area contributed by atoms with Crippen molar-refractivity contribution in [1.29, 1.82) is 0 Å². The molecule has 0 spiro atoms. The number of benzene rings is 1. The van der Waals surface area contributed by atoms with Gasteiger partial charge in [0.25, 0.3) is 0 Å². The van der Waals surface area contributed by atoms with Gasteiger partial charge in [-0.3, -0.25) is 15.1 Å². The standard InChI is InChI=1S/C14H20N4O4/c15-11(12(19)20)7-4-8-17-13(16)18-14(21)22-9-10-5-2-1-3-6-10/h1-3,5-6,11H,4,7-9,15H2,(H,19,20)(H3,16,17,18,21)/t11-/m1/s1. The van der Waals surface area contributed by atoms with Gasteiger partial charge in [-0.05, 0) is 18.4 Å². The monoisotopic (exact) mass is 308 g/mol. The number of nitrogens with one attached hydrogen (secondary N) is 1. The third-order valence-corrected chi connectivity index (χ3v) is 2.72. The van der Waals surface area contributed by atoms with Crippen LogP contribution in [0.3, 0.4) is 0 Å². The van der Waals surface area contributed by atoms with Gasteiger partial charge in [-0.25, -0.2) is 4.79 Å². The van der Waals surface area contributed by atoms with Crippen molar-refractivity contribution in [3.63, 3.8) is 0 Å². The first-order chi connectivity index (χ1) is 10.5. The van der Waals surface area contributed by atoms with Gasteiger partial charge < -0.3 is 21.3 Å². The van der Waals surface area contributed by atoms with E-state index in [9.17, 15) is 9.59 Å². The molecule has 0 aromatic heterocycles. The first-order valence-electron chi connectivity index (χ1n) is 6.75. The molecule has 0 saturated heterocycles. The van der Waals surface area contributed by atoms with Crippen LogP contribution in [0.25, 0.3) is 0 Å². The number of carboxylic acids is 1. The van der Waals surface area contributed by atoms with Crippen LogP contribution in [0.1, 0.15) is 18.4 Å². The number of alkyl carbamates (subject to hydrolysis) is 1. The second-order valence-corrected chi connectivity index (χ2v) is 4.54. The van der Waals surface area contributed by atoms with Crippen LogP contribution in [0, 0.1) is 0 Å². The molecule has 0 aliphatic rings. The largest absolute Gasteiger partial charge is 0.480 e. The van der Waals surface area contributed by atoms with Crippen molar-refractivity contribution in [2.45, 2.75) is 25.5 Å². The van der Waals surface area contributed by atoms with E-state index in [2.05, 4.69) is 10.3 Å². The number of aliphatic imine (C=N–C) groups is 1. The SMILES string of the molecule is NC(=NCCC[C@@H](N)C(=O)O)NC(=O)OCc1ccccc1. The minimum atomic E-state index is -1.06. The molecule has 120 valence electrons. The van der Waals surface area contributed by atoms with Crippen LogP contribution in [-0.4, -0.2) is 35.7 Å². The molecule has 0 saturated carbocycles. The van der Waals surface area contributed by atoms with E-state index in [1.165, 1.54) is 0 Å². The van der Waals surface area contributed by atoms with Crippen LogP contribution in [-0.2, 0) is 16.1 Å². The zero-order valence-corrected chi connectivity index (χ0v) is 12.1. The average Bonchev–Trinajstić information content (AvgIpc) is 2.50. The molecule has 1 amide bonds. The van der Waals surface area contributed by atoms with Crippen LogP contribution < -0.4 is 16.8 Å². The van der Waals surface area contributed by atoms with Crippen LogP contribution in [0.2, 0.25) is 0 Å². The zero-order chi connectivity index (χ0) is 16.4. The quantitative estimate of drug-likeness (QED) is 0.327. The Morgan fingerprint density at radius 1 is 1.32 bits per heavy atom. The van der Waals surface area contributed by atoms with Gasteiger partial charge in [0.1, 0.15) is 12.6 Å². The molecule has 1 aromatic carbocycles.